The van der Waals surface area contributed by atoms with Crippen LogP contribution < -0.4 is 15.5 Å². The number of amides is 1. The first-order valence-corrected chi connectivity index (χ1v) is 10.3. The van der Waals surface area contributed by atoms with E-state index in [4.69, 9.17) is 9.94 Å². The van der Waals surface area contributed by atoms with Crippen molar-refractivity contribution in [3.63, 3.8) is 0 Å². The maximum atomic E-state index is 13.1. The third kappa shape index (κ3) is 4.06. The van der Waals surface area contributed by atoms with Gasteiger partial charge < -0.3 is 15.2 Å². The van der Waals surface area contributed by atoms with E-state index in [0.717, 1.165) is 0 Å². The Hall–Kier alpha value is -1.79. The highest BCUT2D eigenvalue weighted by molar-refractivity contribution is 7.89. The summed E-state index contributed by atoms with van der Waals surface area (Å²) in [6.07, 6.45) is 4.19. The molecule has 0 saturated carbocycles. The maximum absolute atomic E-state index is 13.1. The van der Waals surface area contributed by atoms with Gasteiger partial charge in [-0.2, -0.15) is 0 Å². The van der Waals surface area contributed by atoms with Gasteiger partial charge in [-0.3, -0.25) is 15.0 Å². The first-order valence-electron chi connectivity index (χ1n) is 8.81. The lowest BCUT2D eigenvalue weighted by Gasteiger charge is -2.41. The fraction of sp³-hybridized carbons (Fsp3) is 0.625. The summed E-state index contributed by atoms with van der Waals surface area (Å²) in [5, 5.41) is 21.0. The summed E-state index contributed by atoms with van der Waals surface area (Å²) in [5.41, 5.74) is -0.848. The summed E-state index contributed by atoms with van der Waals surface area (Å²) in [6.45, 7) is 0.578. The summed E-state index contributed by atoms with van der Waals surface area (Å²) >= 11 is 0. The number of ether oxygens (including phenoxy) is 1. The summed E-state index contributed by atoms with van der Waals surface area (Å²) in [6, 6.07) is 3.48. The molecule has 3 heterocycles. The van der Waals surface area contributed by atoms with Crippen LogP contribution in [0.25, 0.3) is 0 Å². The van der Waals surface area contributed by atoms with Gasteiger partial charge in [0.05, 0.1) is 0 Å². The third-order valence-corrected chi connectivity index (χ3v) is 7.51. The van der Waals surface area contributed by atoms with Gasteiger partial charge >= 0.3 is 0 Å². The van der Waals surface area contributed by atoms with Crippen molar-refractivity contribution in [2.75, 3.05) is 26.2 Å². The predicted molar refractivity (Wildman–Crippen MR) is 94.5 cm³/mol. The van der Waals surface area contributed by atoms with Crippen LogP contribution in [-0.4, -0.2) is 77.1 Å². The Labute approximate surface area is 157 Å². The first-order chi connectivity index (χ1) is 12.9. The van der Waals surface area contributed by atoms with Gasteiger partial charge in [0.2, 0.25) is 10.0 Å². The minimum Gasteiger partial charge on any atom is -0.490 e. The molecule has 27 heavy (non-hydrogen) atoms. The molecular formula is C16H24N4O6S. The molecule has 0 bridgehead atoms. The molecule has 150 valence electrons. The minimum absolute atomic E-state index is 0.0691. The number of carbonyl (C=O) groups excluding carboxylic acids is 1. The van der Waals surface area contributed by atoms with E-state index in [1.165, 1.54) is 9.79 Å². The predicted octanol–water partition coefficient (Wildman–Crippen LogP) is -1.15. The number of rotatable bonds is 5. The summed E-state index contributed by atoms with van der Waals surface area (Å²) in [4.78, 5) is 15.8. The molecule has 1 aromatic rings. The number of nitrogens with zero attached hydrogens (tertiary/aromatic N) is 2. The van der Waals surface area contributed by atoms with Gasteiger partial charge in [0.25, 0.3) is 5.91 Å². The van der Waals surface area contributed by atoms with Crippen LogP contribution in [0.3, 0.4) is 0 Å². The Kier molecular flexibility index (Phi) is 5.96. The van der Waals surface area contributed by atoms with Gasteiger partial charge in [-0.1, -0.05) is 0 Å². The molecule has 0 aliphatic carbocycles. The normalized spacial score (nSPS) is 27.9. The Morgan fingerprint density at radius 3 is 2.59 bits per heavy atom. The molecule has 10 nitrogen and oxygen atoms in total. The molecule has 2 fully saturated rings. The standard InChI is InChI=1S/C16H24N4O6S/c21-15(19-23)16(22)11-18-8-3-14(16)27(24,25)20-9-4-13(5-10-20)26-12-1-6-17-7-2-12/h1-2,6-7,13-14,18,22-23H,3-5,8-11H2,(H,19,21). The third-order valence-electron chi connectivity index (χ3n) is 5.08. The lowest BCUT2D eigenvalue weighted by Crippen LogP contribution is -2.67. The average molecular weight is 400 g/mol. The van der Waals surface area contributed by atoms with E-state index >= 15 is 0 Å². The topological polar surface area (TPSA) is 141 Å². The molecule has 0 aromatic carbocycles. The highest BCUT2D eigenvalue weighted by atomic mass is 32.2. The van der Waals surface area contributed by atoms with Crippen molar-refractivity contribution in [2.24, 2.45) is 0 Å². The van der Waals surface area contributed by atoms with Crippen LogP contribution in [0.4, 0.5) is 0 Å². The second-order valence-corrected chi connectivity index (χ2v) is 8.88. The monoisotopic (exact) mass is 400 g/mol. The number of aliphatic hydroxyl groups is 1. The summed E-state index contributed by atoms with van der Waals surface area (Å²) < 4.78 is 33.3. The molecule has 0 spiro atoms. The van der Waals surface area contributed by atoms with Crippen LogP contribution in [0.1, 0.15) is 19.3 Å². The first kappa shape index (κ1) is 20.0. The van der Waals surface area contributed by atoms with E-state index < -0.39 is 26.8 Å². The zero-order valence-electron chi connectivity index (χ0n) is 14.7. The number of hydrogen-bond donors (Lipinski definition) is 4. The molecule has 0 radical (unpaired) electrons. The zero-order valence-corrected chi connectivity index (χ0v) is 15.6. The summed E-state index contributed by atoms with van der Waals surface area (Å²) in [7, 11) is -3.94. The van der Waals surface area contributed by atoms with Crippen LogP contribution in [0.5, 0.6) is 5.75 Å². The number of pyridine rings is 1. The van der Waals surface area contributed by atoms with Crippen molar-refractivity contribution >= 4 is 15.9 Å². The SMILES string of the molecule is O=C(NO)C1(O)CNCCC1S(=O)(=O)N1CCC(Oc2ccncc2)CC1. The maximum Gasteiger partial charge on any atom is 0.278 e. The number of hydroxylamine groups is 1. The van der Waals surface area contributed by atoms with E-state index in [2.05, 4.69) is 10.3 Å². The van der Waals surface area contributed by atoms with Gasteiger partial charge in [-0.25, -0.2) is 18.2 Å². The second-order valence-electron chi connectivity index (χ2n) is 6.76. The van der Waals surface area contributed by atoms with Crippen molar-refractivity contribution in [2.45, 2.75) is 36.2 Å². The molecule has 4 N–H and O–H groups in total. The number of carbonyl (C=O) groups is 1. The molecule has 2 aliphatic heterocycles. The molecule has 1 aromatic heterocycles. The molecule has 2 unspecified atom stereocenters. The molecular weight excluding hydrogens is 376 g/mol. The number of aromatic nitrogens is 1. The van der Waals surface area contributed by atoms with Crippen molar-refractivity contribution in [1.82, 2.24) is 20.1 Å². The van der Waals surface area contributed by atoms with Gasteiger partial charge in [-0.15, -0.1) is 0 Å². The summed E-state index contributed by atoms with van der Waals surface area (Å²) in [5.74, 6) is -0.446. The minimum atomic E-state index is -3.94. The fourth-order valence-corrected chi connectivity index (χ4v) is 5.76. The number of hydrogen-bond acceptors (Lipinski definition) is 8. The van der Waals surface area contributed by atoms with Crippen molar-refractivity contribution in [3.8, 4) is 5.75 Å². The Morgan fingerprint density at radius 2 is 1.96 bits per heavy atom. The molecule has 2 atom stereocenters. The van der Waals surface area contributed by atoms with Gasteiger partial charge in [0.15, 0.2) is 5.60 Å². The molecule has 11 heteroatoms. The Bertz CT molecular complexity index is 753. The lowest BCUT2D eigenvalue weighted by atomic mass is 9.93. The Balaban J connectivity index is 1.68. The number of piperidine rings is 2. The van der Waals surface area contributed by atoms with Crippen molar-refractivity contribution in [3.05, 3.63) is 24.5 Å². The Morgan fingerprint density at radius 1 is 1.30 bits per heavy atom. The molecule has 2 aliphatic rings. The molecule has 2 saturated heterocycles. The zero-order chi connectivity index (χ0) is 19.5. The van der Waals surface area contributed by atoms with Gasteiger partial charge in [0.1, 0.15) is 17.1 Å². The van der Waals surface area contributed by atoms with Crippen LogP contribution in [0.2, 0.25) is 0 Å². The van der Waals surface area contributed by atoms with E-state index in [1.54, 1.807) is 24.5 Å². The highest BCUT2D eigenvalue weighted by Crippen LogP contribution is 2.29. The lowest BCUT2D eigenvalue weighted by molar-refractivity contribution is -0.150. The van der Waals surface area contributed by atoms with E-state index in [9.17, 15) is 18.3 Å². The number of sulfonamides is 1. The van der Waals surface area contributed by atoms with Crippen LogP contribution in [0, 0.1) is 0 Å². The van der Waals surface area contributed by atoms with E-state index in [-0.39, 0.29) is 32.2 Å². The van der Waals surface area contributed by atoms with Gasteiger partial charge in [-0.05, 0) is 37.9 Å². The highest BCUT2D eigenvalue weighted by Gasteiger charge is 2.54. The quantitative estimate of drug-likeness (QED) is 0.359. The smallest absolute Gasteiger partial charge is 0.278 e. The largest absolute Gasteiger partial charge is 0.490 e. The van der Waals surface area contributed by atoms with Crippen LogP contribution in [0.15, 0.2) is 24.5 Å². The fourth-order valence-electron chi connectivity index (χ4n) is 3.58. The molecule has 1 amide bonds. The van der Waals surface area contributed by atoms with Crippen molar-refractivity contribution < 1.29 is 28.3 Å². The number of nitrogens with one attached hydrogen (secondary N) is 2. The van der Waals surface area contributed by atoms with Crippen LogP contribution in [-0.2, 0) is 14.8 Å². The van der Waals surface area contributed by atoms with Crippen molar-refractivity contribution in [1.29, 1.82) is 0 Å². The van der Waals surface area contributed by atoms with E-state index in [1.807, 2.05) is 0 Å². The van der Waals surface area contributed by atoms with Gasteiger partial charge in [0, 0.05) is 32.0 Å². The number of β-amino-alcohol motifs (C(OH)–C–C–N with tert-alkyl or cyclic N) is 1. The molecule has 3 rings (SSSR count). The average Bonchev–Trinajstić information content (AvgIpc) is 2.68. The second kappa shape index (κ2) is 8.07. The van der Waals surface area contributed by atoms with E-state index in [0.29, 0.717) is 25.1 Å². The van der Waals surface area contributed by atoms with Crippen LogP contribution >= 0.6 is 0 Å².